The van der Waals surface area contributed by atoms with Crippen LogP contribution in [0.5, 0.6) is 0 Å². The van der Waals surface area contributed by atoms with E-state index >= 15 is 0 Å². The standard InChI is InChI=1S/C25H29N3O3/c1-17-10-9-15-21(18(17)2)26-22(29)16-28-23(30)25(27-24(28)31,19-11-5-3-6-12-19)20-13-7-4-8-14-20/h3-8,11-14,17-18,21H,9-10,15-16H2,1-2H3,(H,26,29)(H,27,31)/t17-,18-,21-/m1/s1. The van der Waals surface area contributed by atoms with E-state index in [-0.39, 0.29) is 18.5 Å². The lowest BCUT2D eigenvalue weighted by Gasteiger charge is -2.34. The number of hydrogen-bond donors (Lipinski definition) is 2. The number of carbonyl (C=O) groups excluding carboxylic acids is 3. The van der Waals surface area contributed by atoms with Crippen molar-refractivity contribution >= 4 is 17.8 Å². The summed E-state index contributed by atoms with van der Waals surface area (Å²) in [6, 6.07) is 17.9. The number of nitrogens with one attached hydrogen (secondary N) is 2. The smallest absolute Gasteiger partial charge is 0.326 e. The van der Waals surface area contributed by atoms with Crippen LogP contribution in [0.3, 0.4) is 0 Å². The first kappa shape index (κ1) is 21.1. The molecule has 2 aliphatic rings. The van der Waals surface area contributed by atoms with Crippen LogP contribution in [0.15, 0.2) is 60.7 Å². The maximum absolute atomic E-state index is 13.6. The maximum atomic E-state index is 13.6. The summed E-state index contributed by atoms with van der Waals surface area (Å²) in [5, 5.41) is 5.94. The zero-order valence-electron chi connectivity index (χ0n) is 18.0. The zero-order chi connectivity index (χ0) is 22.0. The van der Waals surface area contributed by atoms with Crippen molar-refractivity contribution in [1.29, 1.82) is 0 Å². The van der Waals surface area contributed by atoms with Crippen LogP contribution in [0, 0.1) is 11.8 Å². The van der Waals surface area contributed by atoms with E-state index < -0.39 is 17.5 Å². The van der Waals surface area contributed by atoms with Crippen LogP contribution in [0.25, 0.3) is 0 Å². The number of carbonyl (C=O) groups is 3. The minimum atomic E-state index is -1.34. The van der Waals surface area contributed by atoms with Crippen LogP contribution in [0.4, 0.5) is 4.79 Å². The molecular formula is C25H29N3O3. The van der Waals surface area contributed by atoms with Gasteiger partial charge in [-0.15, -0.1) is 0 Å². The van der Waals surface area contributed by atoms with Crippen molar-refractivity contribution in [2.24, 2.45) is 11.8 Å². The number of benzene rings is 2. The van der Waals surface area contributed by atoms with Crippen LogP contribution in [0.2, 0.25) is 0 Å². The fourth-order valence-electron chi connectivity index (χ4n) is 4.84. The molecule has 4 amide bonds. The van der Waals surface area contributed by atoms with Crippen molar-refractivity contribution in [2.75, 3.05) is 6.54 Å². The molecule has 6 heteroatoms. The van der Waals surface area contributed by atoms with E-state index in [0.717, 1.165) is 24.2 Å². The predicted molar refractivity (Wildman–Crippen MR) is 118 cm³/mol. The molecule has 0 radical (unpaired) electrons. The minimum Gasteiger partial charge on any atom is -0.352 e. The Hall–Kier alpha value is -3.15. The van der Waals surface area contributed by atoms with Crippen LogP contribution < -0.4 is 10.6 Å². The van der Waals surface area contributed by atoms with Gasteiger partial charge in [0, 0.05) is 6.04 Å². The SMILES string of the molecule is C[C@@H]1[C@H](C)CCC[C@H]1NC(=O)CN1C(=O)NC(c2ccccc2)(c2ccccc2)C1=O. The van der Waals surface area contributed by atoms with Gasteiger partial charge >= 0.3 is 6.03 Å². The number of rotatable bonds is 5. The molecule has 2 fully saturated rings. The third kappa shape index (κ3) is 3.82. The molecule has 1 saturated carbocycles. The molecule has 3 atom stereocenters. The zero-order valence-corrected chi connectivity index (χ0v) is 18.0. The average molecular weight is 420 g/mol. The third-order valence-corrected chi connectivity index (χ3v) is 6.87. The van der Waals surface area contributed by atoms with Crippen molar-refractivity contribution in [2.45, 2.75) is 44.7 Å². The summed E-state index contributed by atoms with van der Waals surface area (Å²) >= 11 is 0. The molecule has 1 heterocycles. The van der Waals surface area contributed by atoms with Crippen LogP contribution in [-0.2, 0) is 15.1 Å². The van der Waals surface area contributed by atoms with Crippen molar-refractivity contribution in [3.63, 3.8) is 0 Å². The van der Waals surface area contributed by atoms with Gasteiger partial charge < -0.3 is 10.6 Å². The molecule has 1 saturated heterocycles. The molecule has 1 aliphatic heterocycles. The molecule has 2 N–H and O–H groups in total. The van der Waals surface area contributed by atoms with Gasteiger partial charge in [0.15, 0.2) is 5.54 Å². The van der Waals surface area contributed by atoms with E-state index in [9.17, 15) is 14.4 Å². The van der Waals surface area contributed by atoms with Gasteiger partial charge in [-0.25, -0.2) is 4.79 Å². The highest BCUT2D eigenvalue weighted by atomic mass is 16.2. The van der Waals surface area contributed by atoms with Gasteiger partial charge in [-0.3, -0.25) is 14.5 Å². The molecule has 2 aromatic rings. The van der Waals surface area contributed by atoms with Crippen molar-refractivity contribution in [3.05, 3.63) is 71.8 Å². The molecule has 162 valence electrons. The van der Waals surface area contributed by atoms with Crippen LogP contribution >= 0.6 is 0 Å². The van der Waals surface area contributed by atoms with Crippen molar-refractivity contribution in [1.82, 2.24) is 15.5 Å². The number of hydrogen-bond acceptors (Lipinski definition) is 3. The van der Waals surface area contributed by atoms with Gasteiger partial charge in [0.2, 0.25) is 5.91 Å². The monoisotopic (exact) mass is 419 g/mol. The first-order valence-electron chi connectivity index (χ1n) is 11.0. The molecule has 2 aromatic carbocycles. The Morgan fingerprint density at radius 2 is 1.58 bits per heavy atom. The summed E-state index contributed by atoms with van der Waals surface area (Å²) in [6.45, 7) is 4.07. The Balaban J connectivity index is 1.59. The normalized spacial score (nSPS) is 25.2. The van der Waals surface area contributed by atoms with Gasteiger partial charge in [-0.2, -0.15) is 0 Å². The number of imide groups is 1. The van der Waals surface area contributed by atoms with E-state index in [1.807, 2.05) is 60.7 Å². The Morgan fingerprint density at radius 1 is 1.00 bits per heavy atom. The second kappa shape index (κ2) is 8.53. The molecule has 6 nitrogen and oxygen atoms in total. The number of amides is 4. The largest absolute Gasteiger partial charge is 0.352 e. The average Bonchev–Trinajstić information content (AvgIpc) is 3.04. The third-order valence-electron chi connectivity index (χ3n) is 6.87. The summed E-state index contributed by atoms with van der Waals surface area (Å²) in [4.78, 5) is 40.4. The van der Waals surface area contributed by atoms with E-state index in [4.69, 9.17) is 0 Å². The molecule has 0 spiro atoms. The highest BCUT2D eigenvalue weighted by Gasteiger charge is 2.54. The Labute approximate surface area is 183 Å². The van der Waals surface area contributed by atoms with Crippen LogP contribution in [-0.4, -0.2) is 35.3 Å². The Bertz CT molecular complexity index is 921. The van der Waals surface area contributed by atoms with E-state index in [1.165, 1.54) is 0 Å². The van der Waals surface area contributed by atoms with Gasteiger partial charge in [-0.1, -0.05) is 87.4 Å². The number of urea groups is 1. The van der Waals surface area contributed by atoms with E-state index in [1.54, 1.807) is 0 Å². The first-order chi connectivity index (χ1) is 14.9. The number of nitrogens with zero attached hydrogens (tertiary/aromatic N) is 1. The fraction of sp³-hybridized carbons (Fsp3) is 0.400. The van der Waals surface area contributed by atoms with Gasteiger partial charge in [0.25, 0.3) is 5.91 Å². The topological polar surface area (TPSA) is 78.5 Å². The fourth-order valence-corrected chi connectivity index (χ4v) is 4.84. The molecule has 4 rings (SSSR count). The first-order valence-corrected chi connectivity index (χ1v) is 11.0. The molecule has 31 heavy (non-hydrogen) atoms. The molecule has 0 aromatic heterocycles. The molecular weight excluding hydrogens is 390 g/mol. The maximum Gasteiger partial charge on any atom is 0.326 e. The second-order valence-electron chi connectivity index (χ2n) is 8.74. The highest BCUT2D eigenvalue weighted by Crippen LogP contribution is 2.36. The van der Waals surface area contributed by atoms with E-state index in [0.29, 0.717) is 23.0 Å². The molecule has 1 aliphatic carbocycles. The van der Waals surface area contributed by atoms with Gasteiger partial charge in [-0.05, 0) is 29.4 Å². The second-order valence-corrected chi connectivity index (χ2v) is 8.74. The Morgan fingerprint density at radius 3 is 2.16 bits per heavy atom. The quantitative estimate of drug-likeness (QED) is 0.729. The van der Waals surface area contributed by atoms with E-state index in [2.05, 4.69) is 24.5 Å². The summed E-state index contributed by atoms with van der Waals surface area (Å²) in [6.07, 6.45) is 3.16. The van der Waals surface area contributed by atoms with Crippen LogP contribution in [0.1, 0.15) is 44.2 Å². The lowest BCUT2D eigenvalue weighted by molar-refractivity contribution is -0.134. The Kier molecular flexibility index (Phi) is 5.81. The van der Waals surface area contributed by atoms with Crippen molar-refractivity contribution < 1.29 is 14.4 Å². The minimum absolute atomic E-state index is 0.0741. The summed E-state index contributed by atoms with van der Waals surface area (Å²) < 4.78 is 0. The van der Waals surface area contributed by atoms with Gasteiger partial charge in [0.05, 0.1) is 0 Å². The molecule has 0 unspecified atom stereocenters. The van der Waals surface area contributed by atoms with Crippen molar-refractivity contribution in [3.8, 4) is 0 Å². The lowest BCUT2D eigenvalue weighted by atomic mass is 9.78. The van der Waals surface area contributed by atoms with Gasteiger partial charge in [0.1, 0.15) is 6.54 Å². The predicted octanol–water partition coefficient (Wildman–Crippen LogP) is 3.42. The summed E-state index contributed by atoms with van der Waals surface area (Å²) in [5.74, 6) is 0.176. The summed E-state index contributed by atoms with van der Waals surface area (Å²) in [5.41, 5.74) is -0.0126. The highest BCUT2D eigenvalue weighted by molar-refractivity contribution is 6.11. The summed E-state index contributed by atoms with van der Waals surface area (Å²) in [7, 11) is 0. The molecule has 0 bridgehead atoms. The lowest BCUT2D eigenvalue weighted by Crippen LogP contribution is -2.49.